The van der Waals surface area contributed by atoms with Gasteiger partial charge in [0.2, 0.25) is 0 Å². The fourth-order valence-corrected chi connectivity index (χ4v) is 2.64. The average Bonchev–Trinajstić information content (AvgIpc) is 2.68. The molecular formula is C22H19NO2. The van der Waals surface area contributed by atoms with Crippen LogP contribution in [-0.4, -0.2) is 10.8 Å². The molecule has 124 valence electrons. The Hall–Kier alpha value is -3.20. The van der Waals surface area contributed by atoms with Crippen molar-refractivity contribution in [1.29, 1.82) is 0 Å². The number of para-hydroxylation sites is 1. The molecular weight excluding hydrogens is 310 g/mol. The van der Waals surface area contributed by atoms with E-state index >= 15 is 0 Å². The molecule has 1 aromatic heterocycles. The van der Waals surface area contributed by atoms with E-state index in [-0.39, 0.29) is 12.2 Å². The predicted octanol–water partition coefficient (Wildman–Crippen LogP) is 4.63. The van der Waals surface area contributed by atoms with Crippen LogP contribution < -0.4 is 4.74 Å². The highest BCUT2D eigenvalue weighted by atomic mass is 16.5. The van der Waals surface area contributed by atoms with Gasteiger partial charge in [0.15, 0.2) is 5.78 Å². The zero-order valence-corrected chi connectivity index (χ0v) is 13.9. The lowest BCUT2D eigenvalue weighted by atomic mass is 9.97. The van der Waals surface area contributed by atoms with E-state index in [0.29, 0.717) is 6.61 Å². The summed E-state index contributed by atoms with van der Waals surface area (Å²) in [4.78, 5) is 15.9. The molecule has 25 heavy (non-hydrogen) atoms. The van der Waals surface area contributed by atoms with Gasteiger partial charge in [-0.25, -0.2) is 0 Å². The van der Waals surface area contributed by atoms with Crippen LogP contribution in [0.25, 0.3) is 11.1 Å². The summed E-state index contributed by atoms with van der Waals surface area (Å²) in [5.74, 6) is 0.752. The van der Waals surface area contributed by atoms with Gasteiger partial charge in [-0.05, 0) is 34.9 Å². The van der Waals surface area contributed by atoms with E-state index in [1.54, 1.807) is 12.4 Å². The third-order valence-electron chi connectivity index (χ3n) is 3.91. The first-order chi connectivity index (χ1) is 12.3. The van der Waals surface area contributed by atoms with Gasteiger partial charge >= 0.3 is 0 Å². The van der Waals surface area contributed by atoms with E-state index in [2.05, 4.69) is 11.6 Å². The van der Waals surface area contributed by atoms with E-state index < -0.39 is 0 Å². The Balaban J connectivity index is 1.91. The van der Waals surface area contributed by atoms with Crippen LogP contribution in [0.1, 0.15) is 11.1 Å². The molecule has 3 aromatic rings. The van der Waals surface area contributed by atoms with Crippen molar-refractivity contribution in [2.24, 2.45) is 0 Å². The fourth-order valence-electron chi connectivity index (χ4n) is 2.64. The molecule has 2 aromatic carbocycles. The smallest absolute Gasteiger partial charge is 0.159 e. The number of ketones is 1. The van der Waals surface area contributed by atoms with E-state index in [1.807, 2.05) is 60.7 Å². The first-order valence-corrected chi connectivity index (χ1v) is 8.12. The minimum atomic E-state index is -0.0306. The lowest BCUT2D eigenvalue weighted by Crippen LogP contribution is -2.02. The Labute approximate surface area is 147 Å². The van der Waals surface area contributed by atoms with Crippen molar-refractivity contribution < 1.29 is 9.53 Å². The fraction of sp³-hybridized carbons (Fsp3) is 0.0909. The van der Waals surface area contributed by atoms with Crippen LogP contribution in [-0.2, 0) is 17.8 Å². The maximum Gasteiger partial charge on any atom is 0.159 e. The highest BCUT2D eigenvalue weighted by Crippen LogP contribution is 2.32. The summed E-state index contributed by atoms with van der Waals surface area (Å²) in [5, 5.41) is 0. The molecule has 0 amide bonds. The molecule has 0 saturated heterocycles. The van der Waals surface area contributed by atoms with E-state index in [1.165, 1.54) is 6.08 Å². The number of hydrogen-bond acceptors (Lipinski definition) is 3. The first-order valence-electron chi connectivity index (χ1n) is 8.12. The molecule has 0 radical (unpaired) electrons. The number of hydrogen-bond donors (Lipinski definition) is 0. The lowest BCUT2D eigenvalue weighted by molar-refractivity contribution is -0.114. The largest absolute Gasteiger partial charge is 0.488 e. The molecule has 3 nitrogen and oxygen atoms in total. The van der Waals surface area contributed by atoms with E-state index in [4.69, 9.17) is 4.74 Å². The quantitative estimate of drug-likeness (QED) is 0.594. The Morgan fingerprint density at radius 3 is 2.56 bits per heavy atom. The van der Waals surface area contributed by atoms with Gasteiger partial charge in [0.1, 0.15) is 12.4 Å². The summed E-state index contributed by atoms with van der Waals surface area (Å²) in [7, 11) is 0. The number of aromatic nitrogens is 1. The van der Waals surface area contributed by atoms with Crippen LogP contribution in [0.3, 0.4) is 0 Å². The Morgan fingerprint density at radius 2 is 1.76 bits per heavy atom. The van der Waals surface area contributed by atoms with Crippen molar-refractivity contribution in [3.8, 4) is 16.9 Å². The number of rotatable bonds is 7. The monoisotopic (exact) mass is 329 g/mol. The number of carbonyl (C=O) groups is 1. The van der Waals surface area contributed by atoms with Gasteiger partial charge in [-0.1, -0.05) is 55.1 Å². The van der Waals surface area contributed by atoms with Crippen molar-refractivity contribution in [2.75, 3.05) is 0 Å². The SMILES string of the molecule is C=CC(=O)Cc1cnccc1-c1ccccc1OCc1ccccc1. The molecule has 0 saturated carbocycles. The molecule has 0 aliphatic heterocycles. The molecule has 3 heteroatoms. The van der Waals surface area contributed by atoms with Crippen LogP contribution in [0, 0.1) is 0 Å². The molecule has 3 rings (SSSR count). The lowest BCUT2D eigenvalue weighted by Gasteiger charge is -2.14. The molecule has 1 heterocycles. The van der Waals surface area contributed by atoms with Gasteiger partial charge in [0, 0.05) is 24.4 Å². The van der Waals surface area contributed by atoms with Crippen LogP contribution in [0.2, 0.25) is 0 Å². The third-order valence-corrected chi connectivity index (χ3v) is 3.91. The standard InChI is InChI=1S/C22H19NO2/c1-2-19(24)14-18-15-23-13-12-20(18)21-10-6-7-11-22(21)25-16-17-8-4-3-5-9-17/h2-13,15H,1,14,16H2. The maximum atomic E-state index is 11.8. The summed E-state index contributed by atoms with van der Waals surface area (Å²) in [5.41, 5.74) is 3.87. The highest BCUT2D eigenvalue weighted by Gasteiger charge is 2.12. The van der Waals surface area contributed by atoms with Gasteiger partial charge in [-0.3, -0.25) is 9.78 Å². The number of carbonyl (C=O) groups excluding carboxylic acids is 1. The molecule has 0 aliphatic rings. The summed E-state index contributed by atoms with van der Waals surface area (Å²) in [6.45, 7) is 4.04. The Bertz CT molecular complexity index is 872. The van der Waals surface area contributed by atoms with Gasteiger partial charge in [-0.2, -0.15) is 0 Å². The summed E-state index contributed by atoms with van der Waals surface area (Å²) in [6, 6.07) is 19.8. The van der Waals surface area contributed by atoms with Gasteiger partial charge < -0.3 is 4.74 Å². The van der Waals surface area contributed by atoms with Crippen LogP contribution in [0.5, 0.6) is 5.75 Å². The van der Waals surface area contributed by atoms with Gasteiger partial charge in [-0.15, -0.1) is 0 Å². The normalized spacial score (nSPS) is 10.2. The molecule has 0 atom stereocenters. The second-order valence-corrected chi connectivity index (χ2v) is 5.65. The highest BCUT2D eigenvalue weighted by molar-refractivity contribution is 5.92. The molecule has 0 unspecified atom stereocenters. The maximum absolute atomic E-state index is 11.8. The molecule has 0 spiro atoms. The summed E-state index contributed by atoms with van der Waals surface area (Å²) >= 11 is 0. The summed E-state index contributed by atoms with van der Waals surface area (Å²) < 4.78 is 6.04. The molecule has 0 bridgehead atoms. The number of nitrogens with zero attached hydrogens (tertiary/aromatic N) is 1. The van der Waals surface area contributed by atoms with Crippen molar-refractivity contribution in [1.82, 2.24) is 4.98 Å². The van der Waals surface area contributed by atoms with Crippen molar-refractivity contribution >= 4 is 5.78 Å². The van der Waals surface area contributed by atoms with Crippen LogP contribution in [0.4, 0.5) is 0 Å². The minimum absolute atomic E-state index is 0.0306. The van der Waals surface area contributed by atoms with E-state index in [9.17, 15) is 4.79 Å². The van der Waals surface area contributed by atoms with Gasteiger partial charge in [0.05, 0.1) is 0 Å². The second kappa shape index (κ2) is 8.06. The minimum Gasteiger partial charge on any atom is -0.488 e. The summed E-state index contributed by atoms with van der Waals surface area (Å²) in [6.07, 6.45) is 5.07. The molecule has 0 aliphatic carbocycles. The van der Waals surface area contributed by atoms with Crippen molar-refractivity contribution in [2.45, 2.75) is 13.0 Å². The first kappa shape index (κ1) is 16.7. The third kappa shape index (κ3) is 4.21. The Kier molecular flexibility index (Phi) is 5.37. The number of allylic oxidation sites excluding steroid dienone is 1. The molecule has 0 fully saturated rings. The zero-order chi connectivity index (χ0) is 17.5. The topological polar surface area (TPSA) is 39.2 Å². The van der Waals surface area contributed by atoms with Crippen LogP contribution in [0.15, 0.2) is 85.7 Å². The Morgan fingerprint density at radius 1 is 1.00 bits per heavy atom. The van der Waals surface area contributed by atoms with Crippen molar-refractivity contribution in [3.05, 3.63) is 96.8 Å². The average molecular weight is 329 g/mol. The zero-order valence-electron chi connectivity index (χ0n) is 13.9. The predicted molar refractivity (Wildman–Crippen MR) is 99.4 cm³/mol. The van der Waals surface area contributed by atoms with Crippen LogP contribution >= 0.6 is 0 Å². The number of ether oxygens (including phenoxy) is 1. The van der Waals surface area contributed by atoms with Crippen molar-refractivity contribution in [3.63, 3.8) is 0 Å². The van der Waals surface area contributed by atoms with E-state index in [0.717, 1.165) is 28.0 Å². The molecule has 0 N–H and O–H groups in total. The van der Waals surface area contributed by atoms with Gasteiger partial charge in [0.25, 0.3) is 0 Å². The second-order valence-electron chi connectivity index (χ2n) is 5.65. The number of pyridine rings is 1. The number of benzene rings is 2.